The lowest BCUT2D eigenvalue weighted by atomic mass is 9.80. The normalized spacial score (nSPS) is 28.5. The molecule has 3 aliphatic heterocycles. The van der Waals surface area contributed by atoms with Gasteiger partial charge in [-0.2, -0.15) is 0 Å². The van der Waals surface area contributed by atoms with Crippen molar-refractivity contribution in [2.75, 3.05) is 52.5 Å². The number of likely N-dealkylation sites (tertiary alicyclic amines) is 2. The Bertz CT molecular complexity index is 420. The quantitative estimate of drug-likeness (QED) is 0.632. The molecule has 3 heterocycles. The first-order valence-electron chi connectivity index (χ1n) is 10.1. The molecule has 3 fully saturated rings. The molecule has 138 valence electrons. The van der Waals surface area contributed by atoms with Gasteiger partial charge in [0.15, 0.2) is 5.96 Å². The second-order valence-corrected chi connectivity index (χ2v) is 7.76. The Morgan fingerprint density at radius 1 is 1.17 bits per heavy atom. The molecule has 5 heteroatoms. The summed E-state index contributed by atoms with van der Waals surface area (Å²) in [7, 11) is 0. The van der Waals surface area contributed by atoms with E-state index < -0.39 is 0 Å². The number of likely N-dealkylation sites (N-methyl/N-ethyl adjacent to an activating group) is 1. The van der Waals surface area contributed by atoms with E-state index in [1.165, 1.54) is 45.1 Å². The third-order valence-corrected chi connectivity index (χ3v) is 6.23. The zero-order chi connectivity index (χ0) is 16.8. The average molecular weight is 337 g/mol. The fraction of sp³-hybridized carbons (Fsp3) is 0.947. The Hall–Kier alpha value is -0.810. The van der Waals surface area contributed by atoms with Crippen molar-refractivity contribution in [2.45, 2.75) is 58.4 Å². The average Bonchev–Trinajstić information content (AvgIpc) is 3.02. The van der Waals surface area contributed by atoms with Crippen LogP contribution in [0.5, 0.6) is 0 Å². The summed E-state index contributed by atoms with van der Waals surface area (Å²) >= 11 is 0. The van der Waals surface area contributed by atoms with E-state index in [1.807, 2.05) is 0 Å². The van der Waals surface area contributed by atoms with Crippen molar-refractivity contribution in [3.63, 3.8) is 0 Å². The van der Waals surface area contributed by atoms with Crippen LogP contribution >= 0.6 is 0 Å². The summed E-state index contributed by atoms with van der Waals surface area (Å²) in [6.07, 6.45) is 7.75. The van der Waals surface area contributed by atoms with Crippen molar-refractivity contribution in [1.29, 1.82) is 0 Å². The number of aliphatic imine (C=N–C) groups is 1. The molecule has 24 heavy (non-hydrogen) atoms. The Kier molecular flexibility index (Phi) is 6.39. The Labute approximate surface area is 147 Å². The number of nitrogens with one attached hydrogen (secondary N) is 1. The lowest BCUT2D eigenvalue weighted by molar-refractivity contribution is 0.0217. The van der Waals surface area contributed by atoms with Crippen LogP contribution in [0.2, 0.25) is 0 Å². The second kappa shape index (κ2) is 8.52. The lowest BCUT2D eigenvalue weighted by Gasteiger charge is -2.35. The summed E-state index contributed by atoms with van der Waals surface area (Å²) in [6.45, 7) is 12.9. The molecule has 1 unspecified atom stereocenters. The predicted octanol–water partition coefficient (Wildman–Crippen LogP) is 2.33. The summed E-state index contributed by atoms with van der Waals surface area (Å²) in [5.74, 6) is 1.14. The van der Waals surface area contributed by atoms with Crippen molar-refractivity contribution < 1.29 is 4.74 Å². The van der Waals surface area contributed by atoms with Gasteiger partial charge in [-0.3, -0.25) is 9.89 Å². The molecule has 0 radical (unpaired) electrons. The first kappa shape index (κ1) is 18.0. The highest BCUT2D eigenvalue weighted by atomic mass is 16.5. The zero-order valence-electron chi connectivity index (χ0n) is 15.7. The molecule has 0 bridgehead atoms. The topological polar surface area (TPSA) is 40.1 Å². The second-order valence-electron chi connectivity index (χ2n) is 7.76. The molecular formula is C19H36N4O. The van der Waals surface area contributed by atoms with Crippen LogP contribution in [0.4, 0.5) is 0 Å². The third kappa shape index (κ3) is 4.23. The van der Waals surface area contributed by atoms with Gasteiger partial charge < -0.3 is 15.0 Å². The highest BCUT2D eigenvalue weighted by molar-refractivity contribution is 5.80. The molecule has 1 N–H and O–H groups in total. The molecule has 3 aliphatic rings. The fourth-order valence-electron chi connectivity index (χ4n) is 4.63. The maximum Gasteiger partial charge on any atom is 0.193 e. The summed E-state index contributed by atoms with van der Waals surface area (Å²) < 4.78 is 5.58. The molecule has 0 aliphatic carbocycles. The summed E-state index contributed by atoms with van der Waals surface area (Å²) in [4.78, 5) is 10.2. The van der Waals surface area contributed by atoms with Gasteiger partial charge >= 0.3 is 0 Å². The van der Waals surface area contributed by atoms with Gasteiger partial charge in [0.2, 0.25) is 0 Å². The number of hydrogen-bond acceptors (Lipinski definition) is 3. The van der Waals surface area contributed by atoms with Gasteiger partial charge in [0.1, 0.15) is 0 Å². The molecule has 1 atom stereocenters. The van der Waals surface area contributed by atoms with Gasteiger partial charge in [0.05, 0.1) is 6.54 Å². The van der Waals surface area contributed by atoms with Crippen LogP contribution in [-0.2, 0) is 4.74 Å². The fourth-order valence-corrected chi connectivity index (χ4v) is 4.63. The minimum atomic E-state index is 0.481. The van der Waals surface area contributed by atoms with Crippen LogP contribution < -0.4 is 5.32 Å². The van der Waals surface area contributed by atoms with Crippen LogP contribution in [0.1, 0.15) is 52.4 Å². The lowest BCUT2D eigenvalue weighted by Crippen LogP contribution is -2.45. The summed E-state index contributed by atoms with van der Waals surface area (Å²) in [5, 5.41) is 3.55. The van der Waals surface area contributed by atoms with E-state index in [4.69, 9.17) is 9.73 Å². The summed E-state index contributed by atoms with van der Waals surface area (Å²) in [6, 6.07) is 0.636. The van der Waals surface area contributed by atoms with Crippen molar-refractivity contribution in [3.8, 4) is 0 Å². The van der Waals surface area contributed by atoms with E-state index in [0.717, 1.165) is 51.9 Å². The Morgan fingerprint density at radius 3 is 2.75 bits per heavy atom. The van der Waals surface area contributed by atoms with E-state index in [0.29, 0.717) is 11.5 Å². The monoisotopic (exact) mass is 336 g/mol. The van der Waals surface area contributed by atoms with Gasteiger partial charge in [-0.15, -0.1) is 0 Å². The van der Waals surface area contributed by atoms with Gasteiger partial charge in [-0.25, -0.2) is 0 Å². The predicted molar refractivity (Wildman–Crippen MR) is 99.5 cm³/mol. The van der Waals surface area contributed by atoms with E-state index in [-0.39, 0.29) is 0 Å². The third-order valence-electron chi connectivity index (χ3n) is 6.23. The zero-order valence-corrected chi connectivity index (χ0v) is 15.7. The molecule has 0 aromatic rings. The molecule has 0 aromatic carbocycles. The van der Waals surface area contributed by atoms with Crippen molar-refractivity contribution in [3.05, 3.63) is 0 Å². The minimum absolute atomic E-state index is 0.481. The Balaban J connectivity index is 1.61. The maximum atomic E-state index is 5.58. The van der Waals surface area contributed by atoms with Gasteiger partial charge in [-0.05, 0) is 57.5 Å². The molecule has 0 aromatic heterocycles. The van der Waals surface area contributed by atoms with Crippen LogP contribution in [-0.4, -0.2) is 74.3 Å². The SMILES string of the molecule is CCNC(=NCC1CCCCN1CC)N1CCC2(CCOCC2)C1. The van der Waals surface area contributed by atoms with E-state index >= 15 is 0 Å². The first-order chi connectivity index (χ1) is 11.8. The molecule has 0 saturated carbocycles. The van der Waals surface area contributed by atoms with Crippen LogP contribution in [0.3, 0.4) is 0 Å². The summed E-state index contributed by atoms with van der Waals surface area (Å²) in [5.41, 5.74) is 0.481. The molecule has 3 rings (SSSR count). The molecular weight excluding hydrogens is 300 g/mol. The highest BCUT2D eigenvalue weighted by Gasteiger charge is 2.40. The number of nitrogens with zero attached hydrogens (tertiary/aromatic N) is 3. The van der Waals surface area contributed by atoms with Crippen LogP contribution in [0, 0.1) is 5.41 Å². The van der Waals surface area contributed by atoms with Crippen molar-refractivity contribution >= 4 is 5.96 Å². The molecule has 3 saturated heterocycles. The number of guanidine groups is 1. The van der Waals surface area contributed by atoms with Crippen molar-refractivity contribution in [2.24, 2.45) is 10.4 Å². The molecule has 0 amide bonds. The van der Waals surface area contributed by atoms with Crippen molar-refractivity contribution in [1.82, 2.24) is 15.1 Å². The highest BCUT2D eigenvalue weighted by Crippen LogP contribution is 2.39. The number of piperidine rings is 1. The first-order valence-corrected chi connectivity index (χ1v) is 10.1. The van der Waals surface area contributed by atoms with E-state index in [9.17, 15) is 0 Å². The van der Waals surface area contributed by atoms with Crippen LogP contribution in [0.15, 0.2) is 4.99 Å². The Morgan fingerprint density at radius 2 is 2.00 bits per heavy atom. The van der Waals surface area contributed by atoms with E-state index in [1.54, 1.807) is 0 Å². The largest absolute Gasteiger partial charge is 0.381 e. The van der Waals surface area contributed by atoms with Gasteiger partial charge in [0.25, 0.3) is 0 Å². The standard InChI is InChI=1S/C19H36N4O/c1-3-20-18(21-15-17-7-5-6-11-22(17)4-2)23-12-8-19(16-23)9-13-24-14-10-19/h17H,3-16H2,1-2H3,(H,20,21). The number of rotatable bonds is 4. The smallest absolute Gasteiger partial charge is 0.193 e. The van der Waals surface area contributed by atoms with Gasteiger partial charge in [0, 0.05) is 38.9 Å². The minimum Gasteiger partial charge on any atom is -0.381 e. The van der Waals surface area contributed by atoms with Crippen LogP contribution in [0.25, 0.3) is 0 Å². The van der Waals surface area contributed by atoms with Gasteiger partial charge in [-0.1, -0.05) is 13.3 Å². The molecule has 1 spiro atoms. The number of ether oxygens (including phenoxy) is 1. The molecule has 5 nitrogen and oxygen atoms in total. The van der Waals surface area contributed by atoms with E-state index in [2.05, 4.69) is 29.0 Å². The number of hydrogen-bond donors (Lipinski definition) is 1. The maximum absolute atomic E-state index is 5.58.